The Morgan fingerprint density at radius 1 is 1.40 bits per heavy atom. The standard InChI is InChI=1S/C11H14O3S/c1-14-11(13)10(15-2)9(12)8-6-4-3-5-7-8/h3-7,9-10,12H,1-2H3/t9-,10-/m1/s1. The Morgan fingerprint density at radius 2 is 2.00 bits per heavy atom. The molecule has 3 nitrogen and oxygen atoms in total. The first-order valence-corrected chi connectivity index (χ1v) is 5.83. The summed E-state index contributed by atoms with van der Waals surface area (Å²) in [6, 6.07) is 9.09. The van der Waals surface area contributed by atoms with Crippen LogP contribution < -0.4 is 0 Å². The lowest BCUT2D eigenvalue weighted by Gasteiger charge is -2.18. The molecule has 15 heavy (non-hydrogen) atoms. The topological polar surface area (TPSA) is 46.5 Å². The summed E-state index contributed by atoms with van der Waals surface area (Å²) in [5.74, 6) is -0.404. The van der Waals surface area contributed by atoms with Gasteiger partial charge in [0.15, 0.2) is 0 Å². The second-order valence-electron chi connectivity index (χ2n) is 3.03. The molecule has 1 aromatic rings. The van der Waals surface area contributed by atoms with Crippen LogP contribution in [-0.2, 0) is 9.53 Å². The largest absolute Gasteiger partial charge is 0.468 e. The normalized spacial score (nSPS) is 14.3. The third-order valence-electron chi connectivity index (χ3n) is 2.12. The van der Waals surface area contributed by atoms with Crippen LogP contribution in [0.4, 0.5) is 0 Å². The SMILES string of the molecule is COC(=O)[C@H](SC)[C@H](O)c1ccccc1. The highest BCUT2D eigenvalue weighted by atomic mass is 32.2. The minimum absolute atomic E-state index is 0.404. The Labute approximate surface area is 93.4 Å². The number of benzene rings is 1. The molecule has 0 heterocycles. The van der Waals surface area contributed by atoms with E-state index < -0.39 is 17.3 Å². The molecular weight excluding hydrogens is 212 g/mol. The summed E-state index contributed by atoms with van der Waals surface area (Å²) >= 11 is 1.28. The van der Waals surface area contributed by atoms with Crippen LogP contribution in [-0.4, -0.2) is 29.7 Å². The van der Waals surface area contributed by atoms with Crippen molar-refractivity contribution in [2.24, 2.45) is 0 Å². The highest BCUT2D eigenvalue weighted by Crippen LogP contribution is 2.25. The molecule has 1 rings (SSSR count). The van der Waals surface area contributed by atoms with E-state index in [1.807, 2.05) is 18.2 Å². The Hall–Kier alpha value is -1.00. The summed E-state index contributed by atoms with van der Waals surface area (Å²) < 4.78 is 4.63. The minimum atomic E-state index is -0.825. The third kappa shape index (κ3) is 2.97. The summed E-state index contributed by atoms with van der Waals surface area (Å²) in [4.78, 5) is 11.4. The van der Waals surface area contributed by atoms with Crippen molar-refractivity contribution in [3.05, 3.63) is 35.9 Å². The fraction of sp³-hybridized carbons (Fsp3) is 0.364. The molecular formula is C11H14O3S. The van der Waals surface area contributed by atoms with Gasteiger partial charge in [0.05, 0.1) is 7.11 Å². The van der Waals surface area contributed by atoms with Gasteiger partial charge >= 0.3 is 5.97 Å². The van der Waals surface area contributed by atoms with Crippen LogP contribution in [0.25, 0.3) is 0 Å². The van der Waals surface area contributed by atoms with E-state index in [0.717, 1.165) is 5.56 Å². The summed E-state index contributed by atoms with van der Waals surface area (Å²) in [6.07, 6.45) is 0.946. The minimum Gasteiger partial charge on any atom is -0.468 e. The van der Waals surface area contributed by atoms with Crippen molar-refractivity contribution >= 4 is 17.7 Å². The third-order valence-corrected chi connectivity index (χ3v) is 3.07. The van der Waals surface area contributed by atoms with Crippen molar-refractivity contribution in [2.75, 3.05) is 13.4 Å². The Morgan fingerprint density at radius 3 is 2.47 bits per heavy atom. The van der Waals surface area contributed by atoms with Crippen molar-refractivity contribution < 1.29 is 14.6 Å². The van der Waals surface area contributed by atoms with Gasteiger partial charge in [-0.2, -0.15) is 0 Å². The summed E-state index contributed by atoms with van der Waals surface area (Å²) in [5, 5.41) is 9.39. The Bertz CT molecular complexity index is 313. The molecule has 0 aliphatic rings. The lowest BCUT2D eigenvalue weighted by Crippen LogP contribution is -2.26. The molecule has 1 N–H and O–H groups in total. The quantitative estimate of drug-likeness (QED) is 0.793. The van der Waals surface area contributed by atoms with Crippen LogP contribution >= 0.6 is 11.8 Å². The summed E-state index contributed by atoms with van der Waals surface area (Å²) in [6.45, 7) is 0. The number of aliphatic hydroxyl groups is 1. The molecule has 0 fully saturated rings. The Balaban J connectivity index is 2.82. The Kier molecular flexibility index (Phi) is 4.65. The number of methoxy groups -OCH3 is 1. The molecule has 0 saturated carbocycles. The molecule has 0 saturated heterocycles. The molecule has 0 aromatic heterocycles. The lowest BCUT2D eigenvalue weighted by atomic mass is 10.1. The number of aliphatic hydroxyl groups excluding tert-OH is 1. The number of carbonyl (C=O) groups is 1. The maximum Gasteiger partial charge on any atom is 0.321 e. The average molecular weight is 226 g/mol. The number of thioether (sulfide) groups is 1. The van der Waals surface area contributed by atoms with Gasteiger partial charge < -0.3 is 9.84 Å². The molecule has 0 radical (unpaired) electrons. The van der Waals surface area contributed by atoms with Gasteiger partial charge in [-0.1, -0.05) is 30.3 Å². The van der Waals surface area contributed by atoms with Crippen LogP contribution in [0.15, 0.2) is 30.3 Å². The van der Waals surface area contributed by atoms with Gasteiger partial charge in [0.25, 0.3) is 0 Å². The van der Waals surface area contributed by atoms with Crippen LogP contribution in [0.5, 0.6) is 0 Å². The van der Waals surface area contributed by atoms with E-state index in [1.54, 1.807) is 18.4 Å². The van der Waals surface area contributed by atoms with E-state index >= 15 is 0 Å². The molecule has 4 heteroatoms. The van der Waals surface area contributed by atoms with Crippen molar-refractivity contribution in [3.63, 3.8) is 0 Å². The van der Waals surface area contributed by atoms with Gasteiger partial charge in [-0.15, -0.1) is 11.8 Å². The molecule has 0 spiro atoms. The molecule has 2 atom stereocenters. The lowest BCUT2D eigenvalue weighted by molar-refractivity contribution is -0.142. The van der Waals surface area contributed by atoms with E-state index in [0.29, 0.717) is 0 Å². The zero-order valence-corrected chi connectivity index (χ0v) is 9.53. The number of rotatable bonds is 4. The van der Waals surface area contributed by atoms with Gasteiger partial charge in [-0.25, -0.2) is 0 Å². The second kappa shape index (κ2) is 5.78. The fourth-order valence-electron chi connectivity index (χ4n) is 1.30. The van der Waals surface area contributed by atoms with E-state index in [2.05, 4.69) is 4.74 Å². The van der Waals surface area contributed by atoms with Crippen molar-refractivity contribution in [1.82, 2.24) is 0 Å². The molecule has 0 amide bonds. The zero-order chi connectivity index (χ0) is 11.3. The van der Waals surface area contributed by atoms with Gasteiger partial charge in [-0.3, -0.25) is 4.79 Å². The fourth-order valence-corrected chi connectivity index (χ4v) is 2.00. The van der Waals surface area contributed by atoms with E-state index in [1.165, 1.54) is 18.9 Å². The highest BCUT2D eigenvalue weighted by molar-refractivity contribution is 7.99. The van der Waals surface area contributed by atoms with Crippen molar-refractivity contribution in [3.8, 4) is 0 Å². The molecule has 1 aromatic carbocycles. The number of esters is 1. The average Bonchev–Trinajstić information content (AvgIpc) is 2.30. The number of ether oxygens (including phenoxy) is 1. The number of hydrogen-bond donors (Lipinski definition) is 1. The summed E-state index contributed by atoms with van der Waals surface area (Å²) in [5.41, 5.74) is 0.724. The first-order chi connectivity index (χ1) is 7.20. The van der Waals surface area contributed by atoms with Crippen LogP contribution in [0, 0.1) is 0 Å². The van der Waals surface area contributed by atoms with Gasteiger partial charge in [0.2, 0.25) is 0 Å². The molecule has 0 unspecified atom stereocenters. The second-order valence-corrected chi connectivity index (χ2v) is 4.01. The smallest absolute Gasteiger partial charge is 0.321 e. The highest BCUT2D eigenvalue weighted by Gasteiger charge is 2.27. The van der Waals surface area contributed by atoms with Crippen molar-refractivity contribution in [2.45, 2.75) is 11.4 Å². The first kappa shape index (κ1) is 12.1. The van der Waals surface area contributed by atoms with Crippen LogP contribution in [0.2, 0.25) is 0 Å². The molecule has 82 valence electrons. The van der Waals surface area contributed by atoms with Crippen molar-refractivity contribution in [1.29, 1.82) is 0 Å². The summed E-state index contributed by atoms with van der Waals surface area (Å²) in [7, 11) is 1.32. The molecule has 0 aliphatic heterocycles. The molecule has 0 aliphatic carbocycles. The van der Waals surface area contributed by atoms with E-state index in [4.69, 9.17) is 0 Å². The van der Waals surface area contributed by atoms with Gasteiger partial charge in [0.1, 0.15) is 11.4 Å². The first-order valence-electron chi connectivity index (χ1n) is 4.54. The van der Waals surface area contributed by atoms with Crippen LogP contribution in [0.1, 0.15) is 11.7 Å². The monoisotopic (exact) mass is 226 g/mol. The van der Waals surface area contributed by atoms with E-state index in [9.17, 15) is 9.90 Å². The zero-order valence-electron chi connectivity index (χ0n) is 8.71. The maximum atomic E-state index is 11.4. The van der Waals surface area contributed by atoms with E-state index in [-0.39, 0.29) is 0 Å². The number of carbonyl (C=O) groups excluding carboxylic acids is 1. The van der Waals surface area contributed by atoms with Gasteiger partial charge in [-0.05, 0) is 11.8 Å². The van der Waals surface area contributed by atoms with Gasteiger partial charge in [0, 0.05) is 0 Å². The number of hydrogen-bond acceptors (Lipinski definition) is 4. The predicted octanol–water partition coefficient (Wildman–Crippen LogP) is 1.62. The maximum absolute atomic E-state index is 11.4. The van der Waals surface area contributed by atoms with Crippen LogP contribution in [0.3, 0.4) is 0 Å². The predicted molar refractivity (Wildman–Crippen MR) is 60.7 cm³/mol. The molecule has 0 bridgehead atoms.